The molecule has 1 aromatic rings. The molecule has 0 atom stereocenters. The minimum absolute atomic E-state index is 0.0111. The third-order valence-corrected chi connectivity index (χ3v) is 5.65. The van der Waals surface area contributed by atoms with E-state index in [1.807, 2.05) is 14.1 Å². The van der Waals surface area contributed by atoms with E-state index in [0.29, 0.717) is 39.1 Å². The molecule has 1 fully saturated rings. The number of piperidine rings is 1. The first-order valence-electron chi connectivity index (χ1n) is 11.2. The maximum atomic E-state index is 13.1. The maximum Gasteiger partial charge on any atom is 0.286 e. The lowest BCUT2D eigenvalue weighted by Gasteiger charge is -2.33. The van der Waals surface area contributed by atoms with Crippen LogP contribution in [0.4, 0.5) is 5.69 Å². The van der Waals surface area contributed by atoms with Crippen molar-refractivity contribution in [1.29, 1.82) is 0 Å². The molecule has 0 radical (unpaired) electrons. The fraction of sp³-hybridized carbons (Fsp3) is 0.652. The molecule has 1 heterocycles. The zero-order chi connectivity index (χ0) is 24.8. The van der Waals surface area contributed by atoms with Crippen LogP contribution in [0.2, 0.25) is 0 Å². The highest BCUT2D eigenvalue weighted by Crippen LogP contribution is 2.36. The van der Waals surface area contributed by atoms with E-state index < -0.39 is 10.8 Å². The van der Waals surface area contributed by atoms with Crippen LogP contribution in [-0.4, -0.2) is 80.5 Å². The number of benzene rings is 1. The summed E-state index contributed by atoms with van der Waals surface area (Å²) in [6.45, 7) is 8.44. The number of nitro groups is 1. The molecule has 0 spiro atoms. The van der Waals surface area contributed by atoms with Crippen molar-refractivity contribution in [3.8, 4) is 11.5 Å². The highest BCUT2D eigenvalue weighted by Gasteiger charge is 2.32. The molecule has 0 aliphatic carbocycles. The molecule has 1 aliphatic heterocycles. The zero-order valence-corrected chi connectivity index (χ0v) is 20.5. The molecule has 0 aromatic heterocycles. The molecule has 2 rings (SSSR count). The lowest BCUT2D eigenvalue weighted by atomic mass is 9.91. The Kier molecular flexibility index (Phi) is 9.04. The van der Waals surface area contributed by atoms with Gasteiger partial charge in [0.2, 0.25) is 5.91 Å². The number of carbonyl (C=O) groups excluding carboxylic acids is 2. The summed E-state index contributed by atoms with van der Waals surface area (Å²) in [5.41, 5.74) is -0.428. The smallest absolute Gasteiger partial charge is 0.286 e. The van der Waals surface area contributed by atoms with Gasteiger partial charge in [-0.3, -0.25) is 19.7 Å². The summed E-state index contributed by atoms with van der Waals surface area (Å²) >= 11 is 0. The number of rotatable bonds is 10. The summed E-state index contributed by atoms with van der Waals surface area (Å²) in [4.78, 5) is 40.4. The van der Waals surface area contributed by atoms with Crippen LogP contribution in [0.5, 0.6) is 11.5 Å². The quantitative estimate of drug-likeness (QED) is 0.418. The van der Waals surface area contributed by atoms with E-state index in [0.717, 1.165) is 6.54 Å². The molecule has 33 heavy (non-hydrogen) atoms. The molecule has 184 valence electrons. The van der Waals surface area contributed by atoms with Gasteiger partial charge in [0, 0.05) is 38.2 Å². The van der Waals surface area contributed by atoms with E-state index in [9.17, 15) is 19.7 Å². The average Bonchev–Trinajstić information content (AvgIpc) is 2.76. The molecule has 0 saturated carbocycles. The average molecular weight is 465 g/mol. The Morgan fingerprint density at radius 2 is 1.88 bits per heavy atom. The van der Waals surface area contributed by atoms with Crippen molar-refractivity contribution in [2.24, 2.45) is 11.3 Å². The number of amides is 2. The van der Waals surface area contributed by atoms with Crippen molar-refractivity contribution in [2.45, 2.75) is 33.6 Å². The third-order valence-electron chi connectivity index (χ3n) is 5.65. The summed E-state index contributed by atoms with van der Waals surface area (Å²) in [5.74, 6) is -0.162. The first-order valence-corrected chi connectivity index (χ1v) is 11.2. The first-order chi connectivity index (χ1) is 15.5. The van der Waals surface area contributed by atoms with Crippen LogP contribution < -0.4 is 14.8 Å². The van der Waals surface area contributed by atoms with Crippen LogP contribution in [0, 0.1) is 21.4 Å². The third kappa shape index (κ3) is 7.05. The highest BCUT2D eigenvalue weighted by atomic mass is 16.6. The van der Waals surface area contributed by atoms with Crippen LogP contribution in [0.25, 0.3) is 0 Å². The summed E-state index contributed by atoms with van der Waals surface area (Å²) in [6, 6.07) is 2.59. The van der Waals surface area contributed by atoms with Crippen LogP contribution in [-0.2, 0) is 4.79 Å². The van der Waals surface area contributed by atoms with Gasteiger partial charge in [-0.2, -0.15) is 0 Å². The zero-order valence-electron chi connectivity index (χ0n) is 20.5. The number of hydrogen-bond donors (Lipinski definition) is 1. The number of nitrogens with one attached hydrogen (secondary N) is 1. The fourth-order valence-corrected chi connectivity index (χ4v) is 4.20. The lowest BCUT2D eigenvalue weighted by molar-refractivity contribution is -0.385. The van der Waals surface area contributed by atoms with E-state index in [2.05, 4.69) is 24.1 Å². The standard InChI is InChI=1S/C23H36N4O6/c1-7-33-20-12-17(18(27(30)31)13-19(20)32-6)22(29)26-10-8-16(9-11-26)21(28)24-14-23(2,3)15-25(4)5/h12-13,16H,7-11,14-15H2,1-6H3,(H,24,28). The van der Waals surface area contributed by atoms with E-state index in [1.54, 1.807) is 11.8 Å². The topological polar surface area (TPSA) is 114 Å². The molecule has 1 aromatic carbocycles. The van der Waals surface area contributed by atoms with Gasteiger partial charge in [-0.1, -0.05) is 13.8 Å². The van der Waals surface area contributed by atoms with Gasteiger partial charge in [-0.05, 0) is 39.3 Å². The van der Waals surface area contributed by atoms with Gasteiger partial charge < -0.3 is 24.6 Å². The number of nitro benzene ring substituents is 1. The van der Waals surface area contributed by atoms with Gasteiger partial charge in [0.15, 0.2) is 11.5 Å². The maximum absolute atomic E-state index is 13.1. The fourth-order valence-electron chi connectivity index (χ4n) is 4.20. The Labute approximate surface area is 195 Å². The van der Waals surface area contributed by atoms with Crippen LogP contribution in [0.1, 0.15) is 44.0 Å². The first kappa shape index (κ1) is 26.4. The number of likely N-dealkylation sites (tertiary alicyclic amines) is 1. The molecule has 10 heteroatoms. The number of nitrogens with zero attached hydrogens (tertiary/aromatic N) is 3. The SMILES string of the molecule is CCOc1cc(C(=O)N2CCC(C(=O)NCC(C)(C)CN(C)C)CC2)c([N+](=O)[O-])cc1OC. The lowest BCUT2D eigenvalue weighted by Crippen LogP contribution is -2.46. The molecule has 0 unspecified atom stereocenters. The Hall–Kier alpha value is -2.88. The van der Waals surface area contributed by atoms with Crippen LogP contribution in [0.15, 0.2) is 12.1 Å². The Bertz CT molecular complexity index is 863. The second kappa shape index (κ2) is 11.3. The minimum atomic E-state index is -0.596. The molecule has 1 aliphatic rings. The second-order valence-electron chi connectivity index (χ2n) is 9.40. The minimum Gasteiger partial charge on any atom is -0.493 e. The van der Waals surface area contributed by atoms with Crippen molar-refractivity contribution in [3.63, 3.8) is 0 Å². The highest BCUT2D eigenvalue weighted by molar-refractivity contribution is 5.99. The largest absolute Gasteiger partial charge is 0.493 e. The van der Waals surface area contributed by atoms with Crippen LogP contribution in [0.3, 0.4) is 0 Å². The van der Waals surface area contributed by atoms with Gasteiger partial charge in [-0.15, -0.1) is 0 Å². The van der Waals surface area contributed by atoms with E-state index in [4.69, 9.17) is 9.47 Å². The van der Waals surface area contributed by atoms with E-state index in [1.165, 1.54) is 19.2 Å². The summed E-state index contributed by atoms with van der Waals surface area (Å²) in [6.07, 6.45) is 1.02. The van der Waals surface area contributed by atoms with Crippen molar-refractivity contribution in [1.82, 2.24) is 15.1 Å². The van der Waals surface area contributed by atoms with Gasteiger partial charge in [-0.25, -0.2) is 0 Å². The van der Waals surface area contributed by atoms with Gasteiger partial charge in [0.25, 0.3) is 11.6 Å². The monoisotopic (exact) mass is 464 g/mol. The molecular formula is C23H36N4O6. The Morgan fingerprint density at radius 3 is 2.39 bits per heavy atom. The van der Waals surface area contributed by atoms with Crippen molar-refractivity contribution >= 4 is 17.5 Å². The van der Waals surface area contributed by atoms with E-state index >= 15 is 0 Å². The summed E-state index contributed by atoms with van der Waals surface area (Å²) in [5, 5.41) is 14.6. The number of methoxy groups -OCH3 is 1. The van der Waals surface area contributed by atoms with E-state index in [-0.39, 0.29) is 40.0 Å². The predicted molar refractivity (Wildman–Crippen MR) is 125 cm³/mol. The van der Waals surface area contributed by atoms with Crippen molar-refractivity contribution in [3.05, 3.63) is 27.8 Å². The summed E-state index contributed by atoms with van der Waals surface area (Å²) in [7, 11) is 5.39. The van der Waals surface area contributed by atoms with Gasteiger partial charge >= 0.3 is 0 Å². The normalized spacial score (nSPS) is 14.8. The predicted octanol–water partition coefficient (Wildman–Crippen LogP) is 2.56. The van der Waals surface area contributed by atoms with Crippen LogP contribution >= 0.6 is 0 Å². The number of ether oxygens (including phenoxy) is 2. The van der Waals surface area contributed by atoms with Gasteiger partial charge in [0.05, 0.1) is 24.7 Å². The molecule has 10 nitrogen and oxygen atoms in total. The Balaban J connectivity index is 2.06. The molecular weight excluding hydrogens is 428 g/mol. The Morgan fingerprint density at radius 1 is 1.24 bits per heavy atom. The molecule has 1 saturated heterocycles. The van der Waals surface area contributed by atoms with Crippen molar-refractivity contribution < 1.29 is 24.0 Å². The summed E-state index contributed by atoms with van der Waals surface area (Å²) < 4.78 is 10.7. The number of hydrogen-bond acceptors (Lipinski definition) is 7. The number of carbonyl (C=O) groups is 2. The molecule has 2 amide bonds. The van der Waals surface area contributed by atoms with Crippen molar-refractivity contribution in [2.75, 3.05) is 54.0 Å². The molecule has 0 bridgehead atoms. The molecule has 1 N–H and O–H groups in total. The van der Waals surface area contributed by atoms with Gasteiger partial charge in [0.1, 0.15) is 5.56 Å². The second-order valence-corrected chi connectivity index (χ2v) is 9.40.